The zero-order chi connectivity index (χ0) is 17.6. The Bertz CT molecular complexity index is 413. The summed E-state index contributed by atoms with van der Waals surface area (Å²) in [6, 6.07) is -0.235. The van der Waals surface area contributed by atoms with Crippen molar-refractivity contribution in [3.05, 3.63) is 0 Å². The SMILES string of the molecule is CC[S@](=O)[C@@H]1CCCC[C@H]1NC(=O)NCC(C)(C)[C@@H](O)C(C)C. The number of urea groups is 1. The Morgan fingerprint density at radius 3 is 2.48 bits per heavy atom. The van der Waals surface area contributed by atoms with E-state index in [2.05, 4.69) is 10.6 Å². The number of aliphatic hydroxyl groups excluding tert-OH is 1. The summed E-state index contributed by atoms with van der Waals surface area (Å²) in [5, 5.41) is 16.2. The molecule has 6 heteroatoms. The minimum Gasteiger partial charge on any atom is -0.392 e. The topological polar surface area (TPSA) is 78.4 Å². The van der Waals surface area contributed by atoms with Crippen molar-refractivity contribution < 1.29 is 14.1 Å². The van der Waals surface area contributed by atoms with Crippen LogP contribution in [-0.4, -0.2) is 45.0 Å². The van der Waals surface area contributed by atoms with Crippen molar-refractivity contribution in [1.29, 1.82) is 0 Å². The highest BCUT2D eigenvalue weighted by molar-refractivity contribution is 7.85. The van der Waals surface area contributed by atoms with Gasteiger partial charge in [0.2, 0.25) is 0 Å². The van der Waals surface area contributed by atoms with Gasteiger partial charge in [-0.05, 0) is 18.8 Å². The minimum absolute atomic E-state index is 0.0114. The average Bonchev–Trinajstić information content (AvgIpc) is 2.52. The Morgan fingerprint density at radius 2 is 1.91 bits per heavy atom. The molecule has 1 fully saturated rings. The molecule has 0 aromatic heterocycles. The molecule has 0 aromatic rings. The van der Waals surface area contributed by atoms with Gasteiger partial charge in [-0.15, -0.1) is 0 Å². The fraction of sp³-hybridized carbons (Fsp3) is 0.941. The van der Waals surface area contributed by atoms with Gasteiger partial charge in [-0.3, -0.25) is 4.21 Å². The van der Waals surface area contributed by atoms with Crippen molar-refractivity contribution in [3.8, 4) is 0 Å². The third kappa shape index (κ3) is 6.07. The second kappa shape index (κ2) is 9.02. The van der Waals surface area contributed by atoms with Crippen molar-refractivity contribution in [1.82, 2.24) is 10.6 Å². The van der Waals surface area contributed by atoms with Gasteiger partial charge in [0, 0.05) is 34.6 Å². The fourth-order valence-electron chi connectivity index (χ4n) is 3.33. The van der Waals surface area contributed by atoms with Gasteiger partial charge in [0.15, 0.2) is 0 Å². The van der Waals surface area contributed by atoms with Crippen LogP contribution >= 0.6 is 0 Å². The van der Waals surface area contributed by atoms with E-state index in [1.165, 1.54) is 0 Å². The number of hydrogen-bond donors (Lipinski definition) is 3. The summed E-state index contributed by atoms with van der Waals surface area (Å²) >= 11 is 0. The number of hydrogen-bond acceptors (Lipinski definition) is 3. The Hall–Kier alpha value is -0.620. The Kier molecular flexibility index (Phi) is 8.01. The second-order valence-electron chi connectivity index (χ2n) is 7.60. The van der Waals surface area contributed by atoms with E-state index >= 15 is 0 Å². The summed E-state index contributed by atoms with van der Waals surface area (Å²) in [7, 11) is -0.877. The molecule has 2 amide bonds. The van der Waals surface area contributed by atoms with Crippen molar-refractivity contribution in [2.45, 2.75) is 77.7 Å². The number of nitrogens with one attached hydrogen (secondary N) is 2. The predicted molar refractivity (Wildman–Crippen MR) is 95.9 cm³/mol. The summed E-state index contributed by atoms with van der Waals surface area (Å²) < 4.78 is 12.1. The van der Waals surface area contributed by atoms with Crippen LogP contribution in [0.15, 0.2) is 0 Å². The predicted octanol–water partition coefficient (Wildman–Crippen LogP) is 2.41. The van der Waals surface area contributed by atoms with Crippen molar-refractivity contribution in [3.63, 3.8) is 0 Å². The lowest BCUT2D eigenvalue weighted by atomic mass is 9.81. The molecule has 4 atom stereocenters. The molecule has 136 valence electrons. The molecule has 1 aliphatic carbocycles. The van der Waals surface area contributed by atoms with E-state index in [1.807, 2.05) is 34.6 Å². The molecule has 0 unspecified atom stereocenters. The Morgan fingerprint density at radius 1 is 1.30 bits per heavy atom. The zero-order valence-corrected chi connectivity index (χ0v) is 16.0. The first-order chi connectivity index (χ1) is 10.7. The van der Waals surface area contributed by atoms with Crippen LogP contribution in [0.25, 0.3) is 0 Å². The molecule has 1 rings (SSSR count). The van der Waals surface area contributed by atoms with Crippen LogP contribution in [0, 0.1) is 11.3 Å². The van der Waals surface area contributed by atoms with Gasteiger partial charge >= 0.3 is 6.03 Å². The largest absolute Gasteiger partial charge is 0.392 e. The van der Waals surface area contributed by atoms with Gasteiger partial charge in [-0.25, -0.2) is 4.79 Å². The van der Waals surface area contributed by atoms with E-state index in [4.69, 9.17) is 0 Å². The number of carbonyl (C=O) groups is 1. The molecular formula is C17H34N2O3S. The normalized spacial score (nSPS) is 25.0. The second-order valence-corrected chi connectivity index (χ2v) is 9.55. The maximum absolute atomic E-state index is 12.2. The number of carbonyl (C=O) groups excluding carboxylic acids is 1. The van der Waals surface area contributed by atoms with Gasteiger partial charge in [-0.2, -0.15) is 0 Å². The van der Waals surface area contributed by atoms with Crippen LogP contribution in [0.2, 0.25) is 0 Å². The third-order valence-corrected chi connectivity index (χ3v) is 6.59. The average molecular weight is 347 g/mol. The van der Waals surface area contributed by atoms with Crippen LogP contribution in [0.5, 0.6) is 0 Å². The lowest BCUT2D eigenvalue weighted by Crippen LogP contribution is -2.53. The molecule has 0 aliphatic heterocycles. The van der Waals surface area contributed by atoms with E-state index < -0.39 is 16.9 Å². The van der Waals surface area contributed by atoms with E-state index in [0.717, 1.165) is 25.7 Å². The highest BCUT2D eigenvalue weighted by Gasteiger charge is 2.32. The number of aliphatic hydroxyl groups is 1. The zero-order valence-electron chi connectivity index (χ0n) is 15.2. The Labute approximate surface area is 143 Å². The lowest BCUT2D eigenvalue weighted by molar-refractivity contribution is 0.0151. The summed E-state index contributed by atoms with van der Waals surface area (Å²) in [5.41, 5.74) is -0.385. The minimum atomic E-state index is -0.877. The number of amides is 2. The quantitative estimate of drug-likeness (QED) is 0.662. The standard InChI is InChI=1S/C17H34N2O3S/c1-6-23(22)14-10-8-7-9-13(14)19-16(21)18-11-17(4,5)15(20)12(2)3/h12-15,20H,6-11H2,1-5H3,(H2,18,19,21)/t13-,14-,15+,23+/m1/s1. The smallest absolute Gasteiger partial charge is 0.315 e. The summed E-state index contributed by atoms with van der Waals surface area (Å²) in [6.07, 6.45) is 3.49. The van der Waals surface area contributed by atoms with Crippen LogP contribution < -0.4 is 10.6 Å². The fourth-order valence-corrected chi connectivity index (χ4v) is 4.75. The molecule has 0 heterocycles. The van der Waals surface area contributed by atoms with Gasteiger partial charge < -0.3 is 15.7 Å². The van der Waals surface area contributed by atoms with Crippen molar-refractivity contribution in [2.24, 2.45) is 11.3 Å². The maximum atomic E-state index is 12.2. The Balaban J connectivity index is 2.53. The molecule has 0 spiro atoms. The lowest BCUT2D eigenvalue weighted by Gasteiger charge is -2.34. The maximum Gasteiger partial charge on any atom is 0.315 e. The van der Waals surface area contributed by atoms with Crippen LogP contribution in [-0.2, 0) is 10.8 Å². The number of rotatable bonds is 7. The van der Waals surface area contributed by atoms with Crippen LogP contribution in [0.1, 0.15) is 60.3 Å². The van der Waals surface area contributed by atoms with Crippen molar-refractivity contribution in [2.75, 3.05) is 12.3 Å². The first-order valence-electron chi connectivity index (χ1n) is 8.78. The molecule has 3 N–H and O–H groups in total. The van der Waals surface area contributed by atoms with E-state index in [-0.39, 0.29) is 28.7 Å². The van der Waals surface area contributed by atoms with Crippen LogP contribution in [0.3, 0.4) is 0 Å². The van der Waals surface area contributed by atoms with E-state index in [1.54, 1.807) is 0 Å². The molecule has 1 saturated carbocycles. The molecular weight excluding hydrogens is 312 g/mol. The molecule has 0 aromatic carbocycles. The van der Waals surface area contributed by atoms with Gasteiger partial charge in [0.1, 0.15) is 0 Å². The van der Waals surface area contributed by atoms with Crippen LogP contribution in [0.4, 0.5) is 4.79 Å². The summed E-state index contributed by atoms with van der Waals surface area (Å²) in [4.78, 5) is 12.2. The third-order valence-electron chi connectivity index (χ3n) is 4.78. The summed E-state index contributed by atoms with van der Waals surface area (Å²) in [5.74, 6) is 0.780. The summed E-state index contributed by atoms with van der Waals surface area (Å²) in [6.45, 7) is 10.2. The monoisotopic (exact) mass is 346 g/mol. The molecule has 0 saturated heterocycles. The van der Waals surface area contributed by atoms with Gasteiger partial charge in [0.25, 0.3) is 0 Å². The molecule has 5 nitrogen and oxygen atoms in total. The van der Waals surface area contributed by atoms with Gasteiger partial charge in [-0.1, -0.05) is 47.5 Å². The molecule has 23 heavy (non-hydrogen) atoms. The first kappa shape index (κ1) is 20.4. The van der Waals surface area contributed by atoms with E-state index in [9.17, 15) is 14.1 Å². The highest BCUT2D eigenvalue weighted by Crippen LogP contribution is 2.25. The molecule has 0 radical (unpaired) electrons. The highest BCUT2D eigenvalue weighted by atomic mass is 32.2. The molecule has 1 aliphatic rings. The first-order valence-corrected chi connectivity index (χ1v) is 10.2. The van der Waals surface area contributed by atoms with Gasteiger partial charge in [0.05, 0.1) is 11.4 Å². The molecule has 0 bridgehead atoms. The van der Waals surface area contributed by atoms with Crippen molar-refractivity contribution >= 4 is 16.8 Å². The van der Waals surface area contributed by atoms with E-state index in [0.29, 0.717) is 12.3 Å².